The molecule has 0 saturated heterocycles. The van der Waals surface area contributed by atoms with Gasteiger partial charge in [0.25, 0.3) is 0 Å². The number of benzene rings is 2. The van der Waals surface area contributed by atoms with Crippen LogP contribution in [0.2, 0.25) is 0 Å². The monoisotopic (exact) mass is 429 g/mol. The van der Waals surface area contributed by atoms with Crippen molar-refractivity contribution in [2.45, 2.75) is 6.92 Å². The van der Waals surface area contributed by atoms with E-state index in [0.717, 1.165) is 39.6 Å². The first kappa shape index (κ1) is 19.1. The Hall–Kier alpha value is -3.84. The summed E-state index contributed by atoms with van der Waals surface area (Å²) in [4.78, 5) is 5.48. The Labute approximate surface area is 182 Å². The lowest BCUT2D eigenvalue weighted by Gasteiger charge is -2.01. The van der Waals surface area contributed by atoms with Crippen molar-refractivity contribution in [1.82, 2.24) is 4.68 Å². The highest BCUT2D eigenvalue weighted by Crippen LogP contribution is 2.28. The molecular weight excluding hydrogens is 410 g/mol. The molecule has 0 N–H and O–H groups in total. The van der Waals surface area contributed by atoms with Crippen LogP contribution in [0.3, 0.4) is 0 Å². The molecule has 5 rings (SSSR count). The van der Waals surface area contributed by atoms with E-state index < -0.39 is 0 Å². The van der Waals surface area contributed by atoms with Crippen LogP contribution in [0.4, 0.5) is 5.69 Å². The number of rotatable bonds is 5. The molecule has 0 aliphatic heterocycles. The van der Waals surface area contributed by atoms with Crippen molar-refractivity contribution in [3.8, 4) is 17.2 Å². The highest BCUT2D eigenvalue weighted by Gasteiger charge is 2.13. The summed E-state index contributed by atoms with van der Waals surface area (Å²) in [5.74, 6) is 3.01. The van der Waals surface area contributed by atoms with Crippen LogP contribution in [0.1, 0.15) is 11.5 Å². The largest absolute Gasteiger partial charge is 0.497 e. The van der Waals surface area contributed by atoms with Crippen molar-refractivity contribution >= 4 is 34.2 Å². The quantitative estimate of drug-likeness (QED) is 0.323. The van der Waals surface area contributed by atoms with Gasteiger partial charge in [-0.25, -0.2) is 9.67 Å². The van der Waals surface area contributed by atoms with Gasteiger partial charge in [0.15, 0.2) is 5.76 Å². The van der Waals surface area contributed by atoms with E-state index >= 15 is 0 Å². The molecule has 3 heterocycles. The number of nitrogens with zero attached hydrogens (tertiary/aromatic N) is 3. The third-order valence-electron chi connectivity index (χ3n) is 4.72. The van der Waals surface area contributed by atoms with Crippen molar-refractivity contribution in [2.75, 3.05) is 7.11 Å². The molecule has 31 heavy (non-hydrogen) atoms. The van der Waals surface area contributed by atoms with E-state index in [4.69, 9.17) is 18.6 Å². The summed E-state index contributed by atoms with van der Waals surface area (Å²) in [5.41, 5.74) is 2.44. The molecule has 0 atom stereocenters. The van der Waals surface area contributed by atoms with E-state index in [9.17, 15) is 0 Å². The molecular formula is C24H19N3O3S. The minimum absolute atomic E-state index is 0.669. The SMILES string of the molecule is COc1ccc(N=c2scc(-c3cc4ccccc4o3)n2N=Cc2ccc(C)o2)cc1. The fourth-order valence-corrected chi connectivity index (χ4v) is 4.01. The fraction of sp³-hybridized carbons (Fsp3) is 0.0833. The maximum Gasteiger partial charge on any atom is 0.211 e. The van der Waals surface area contributed by atoms with Gasteiger partial charge in [0.2, 0.25) is 4.80 Å². The van der Waals surface area contributed by atoms with Crippen molar-refractivity contribution in [3.05, 3.63) is 88.4 Å². The number of ether oxygens (including phenoxy) is 1. The summed E-state index contributed by atoms with van der Waals surface area (Å²) in [6.07, 6.45) is 1.68. The van der Waals surface area contributed by atoms with Gasteiger partial charge in [0, 0.05) is 10.8 Å². The Balaban J connectivity index is 1.63. The lowest BCUT2D eigenvalue weighted by Crippen LogP contribution is -2.11. The number of hydrogen-bond acceptors (Lipinski definition) is 6. The zero-order valence-corrected chi connectivity index (χ0v) is 17.8. The maximum absolute atomic E-state index is 6.08. The smallest absolute Gasteiger partial charge is 0.211 e. The number of fused-ring (bicyclic) bond motifs is 1. The van der Waals surface area contributed by atoms with Gasteiger partial charge in [-0.1, -0.05) is 18.2 Å². The summed E-state index contributed by atoms with van der Waals surface area (Å²) >= 11 is 1.49. The van der Waals surface area contributed by atoms with E-state index in [2.05, 4.69) is 5.10 Å². The van der Waals surface area contributed by atoms with Crippen molar-refractivity contribution < 1.29 is 13.6 Å². The zero-order valence-electron chi connectivity index (χ0n) is 17.0. The minimum atomic E-state index is 0.669. The molecule has 3 aromatic heterocycles. The summed E-state index contributed by atoms with van der Waals surface area (Å²) in [7, 11) is 1.64. The average Bonchev–Trinajstić information content (AvgIpc) is 3.50. The summed E-state index contributed by atoms with van der Waals surface area (Å²) in [5, 5.41) is 7.68. The predicted molar refractivity (Wildman–Crippen MR) is 122 cm³/mol. The topological polar surface area (TPSA) is 65.2 Å². The Morgan fingerprint density at radius 1 is 1.00 bits per heavy atom. The lowest BCUT2D eigenvalue weighted by atomic mass is 10.2. The van der Waals surface area contributed by atoms with Crippen LogP contribution in [-0.2, 0) is 0 Å². The fourth-order valence-electron chi connectivity index (χ4n) is 3.17. The van der Waals surface area contributed by atoms with Gasteiger partial charge in [-0.2, -0.15) is 5.10 Å². The van der Waals surface area contributed by atoms with Gasteiger partial charge in [-0.05, 0) is 55.5 Å². The van der Waals surface area contributed by atoms with Crippen LogP contribution < -0.4 is 9.54 Å². The summed E-state index contributed by atoms with van der Waals surface area (Å²) in [6.45, 7) is 1.90. The van der Waals surface area contributed by atoms with Gasteiger partial charge in [0.05, 0.1) is 19.0 Å². The van der Waals surface area contributed by atoms with Gasteiger partial charge in [-0.15, -0.1) is 11.3 Å². The molecule has 154 valence electrons. The van der Waals surface area contributed by atoms with Crippen LogP contribution in [0.5, 0.6) is 5.75 Å². The Kier molecular flexibility index (Phi) is 5.01. The third-order valence-corrected chi connectivity index (χ3v) is 5.54. The summed E-state index contributed by atoms with van der Waals surface area (Å²) < 4.78 is 18.7. The third kappa shape index (κ3) is 3.95. The van der Waals surface area contributed by atoms with E-state index in [0.29, 0.717) is 10.6 Å². The van der Waals surface area contributed by atoms with Crippen LogP contribution in [0.15, 0.2) is 91.0 Å². The van der Waals surface area contributed by atoms with E-state index in [1.54, 1.807) is 18.0 Å². The van der Waals surface area contributed by atoms with Crippen molar-refractivity contribution in [3.63, 3.8) is 0 Å². The number of aromatic nitrogens is 1. The molecule has 0 amide bonds. The van der Waals surface area contributed by atoms with Gasteiger partial charge in [0.1, 0.15) is 28.5 Å². The zero-order chi connectivity index (χ0) is 21.2. The number of methoxy groups -OCH3 is 1. The molecule has 0 bridgehead atoms. The second kappa shape index (κ2) is 8.12. The lowest BCUT2D eigenvalue weighted by molar-refractivity contribution is 0.415. The number of para-hydroxylation sites is 1. The van der Waals surface area contributed by atoms with Crippen molar-refractivity contribution in [2.24, 2.45) is 10.1 Å². The first-order valence-electron chi connectivity index (χ1n) is 9.69. The second-order valence-corrected chi connectivity index (χ2v) is 7.70. The molecule has 0 aliphatic carbocycles. The van der Waals surface area contributed by atoms with Crippen molar-refractivity contribution in [1.29, 1.82) is 0 Å². The molecule has 6 nitrogen and oxygen atoms in total. The number of thiazole rings is 1. The molecule has 5 aromatic rings. The first-order valence-corrected chi connectivity index (χ1v) is 10.6. The second-order valence-electron chi connectivity index (χ2n) is 6.87. The summed E-state index contributed by atoms with van der Waals surface area (Å²) in [6, 6.07) is 21.3. The van der Waals surface area contributed by atoms with Gasteiger partial charge in [-0.3, -0.25) is 0 Å². The average molecular weight is 430 g/mol. The van der Waals surface area contributed by atoms with Crippen LogP contribution in [0, 0.1) is 6.92 Å². The molecule has 7 heteroatoms. The molecule has 0 fully saturated rings. The highest BCUT2D eigenvalue weighted by atomic mass is 32.1. The van der Waals surface area contributed by atoms with E-state index in [1.807, 2.05) is 79.0 Å². The molecule has 0 radical (unpaired) electrons. The van der Waals surface area contributed by atoms with Crippen LogP contribution in [-0.4, -0.2) is 18.0 Å². The van der Waals surface area contributed by atoms with E-state index in [1.165, 1.54) is 11.3 Å². The Bertz CT molecular complexity index is 1400. The number of hydrogen-bond donors (Lipinski definition) is 0. The molecule has 0 saturated carbocycles. The van der Waals surface area contributed by atoms with E-state index in [-0.39, 0.29) is 0 Å². The number of furan rings is 2. The molecule has 0 spiro atoms. The standard InChI is InChI=1S/C24H19N3O3S/c1-16-7-10-20(29-16)14-25-27-21(23-13-17-5-3-4-6-22(17)30-23)15-31-24(27)26-18-8-11-19(28-2)12-9-18/h3-15H,1-2H3. The van der Waals surface area contributed by atoms with Gasteiger partial charge < -0.3 is 13.6 Å². The normalized spacial score (nSPS) is 12.3. The number of aryl methyl sites for hydroxylation is 1. The minimum Gasteiger partial charge on any atom is -0.497 e. The van der Waals surface area contributed by atoms with Gasteiger partial charge >= 0.3 is 0 Å². The molecule has 0 aliphatic rings. The molecule has 2 aromatic carbocycles. The first-order chi connectivity index (χ1) is 15.2. The molecule has 0 unspecified atom stereocenters. The highest BCUT2D eigenvalue weighted by molar-refractivity contribution is 7.07. The predicted octanol–water partition coefficient (Wildman–Crippen LogP) is 5.99. The Morgan fingerprint density at radius 2 is 1.84 bits per heavy atom. The van der Waals surface area contributed by atoms with Crippen LogP contribution in [0.25, 0.3) is 22.4 Å². The Morgan fingerprint density at radius 3 is 2.58 bits per heavy atom. The maximum atomic E-state index is 6.08. The van der Waals surface area contributed by atoms with Crippen LogP contribution >= 0.6 is 11.3 Å².